The molecule has 0 aliphatic heterocycles. The Morgan fingerprint density at radius 2 is 2.14 bits per heavy atom. The molecule has 0 aromatic carbocycles. The molecular weight excluding hydrogens is 214 g/mol. The van der Waals surface area contributed by atoms with Crippen molar-refractivity contribution in [2.24, 2.45) is 11.5 Å². The van der Waals surface area contributed by atoms with Gasteiger partial charge in [0.2, 0.25) is 0 Å². The molecule has 14 heavy (non-hydrogen) atoms. The topological polar surface area (TPSA) is 87.6 Å². The summed E-state index contributed by atoms with van der Waals surface area (Å²) in [6.45, 7) is 2.91. The number of unbranched alkanes of at least 4 members (excludes halogenated alkanes) is 1. The van der Waals surface area contributed by atoms with Gasteiger partial charge >= 0.3 is 37.8 Å². The molecule has 0 amide bonds. The van der Waals surface area contributed by atoms with Crippen LogP contribution in [-0.4, -0.2) is 48.9 Å². The first-order chi connectivity index (χ1) is 6.20. The van der Waals surface area contributed by atoms with Crippen LogP contribution in [0.1, 0.15) is 26.2 Å². The molecule has 0 aliphatic carbocycles. The van der Waals surface area contributed by atoms with Crippen LogP contribution in [0.3, 0.4) is 0 Å². The Labute approximate surface area is 108 Å². The van der Waals surface area contributed by atoms with E-state index in [1.165, 1.54) is 0 Å². The molecule has 5 nitrogen and oxygen atoms in total. The van der Waals surface area contributed by atoms with Crippen LogP contribution in [0.5, 0.6) is 0 Å². The summed E-state index contributed by atoms with van der Waals surface area (Å²) in [7, 11) is -2.41. The zero-order valence-electron chi connectivity index (χ0n) is 7.99. The van der Waals surface area contributed by atoms with Gasteiger partial charge < -0.3 is 16.0 Å². The zero-order valence-corrected chi connectivity index (χ0v) is 8.99. The van der Waals surface area contributed by atoms with Crippen LogP contribution < -0.4 is 11.5 Å². The van der Waals surface area contributed by atoms with E-state index in [-0.39, 0.29) is 29.6 Å². The monoisotopic (exact) mass is 234 g/mol. The van der Waals surface area contributed by atoms with Gasteiger partial charge in [-0.1, -0.05) is 13.3 Å². The van der Waals surface area contributed by atoms with Gasteiger partial charge in [-0.15, -0.1) is 0 Å². The van der Waals surface area contributed by atoms with Crippen LogP contribution in [0.4, 0.5) is 0 Å². The SMILES string of the molecule is CCCCO[PH](=O)OC(N)CCN.[NaH]. The molecule has 0 aromatic heterocycles. The zero-order chi connectivity index (χ0) is 10.1. The van der Waals surface area contributed by atoms with E-state index >= 15 is 0 Å². The summed E-state index contributed by atoms with van der Waals surface area (Å²) >= 11 is 0. The third-order valence-electron chi connectivity index (χ3n) is 1.42. The van der Waals surface area contributed by atoms with Crippen molar-refractivity contribution in [1.82, 2.24) is 0 Å². The molecule has 7 heteroatoms. The van der Waals surface area contributed by atoms with Crippen molar-refractivity contribution in [3.8, 4) is 0 Å². The van der Waals surface area contributed by atoms with Crippen molar-refractivity contribution in [1.29, 1.82) is 0 Å². The molecule has 82 valence electrons. The summed E-state index contributed by atoms with van der Waals surface area (Å²) in [5.41, 5.74) is 10.7. The van der Waals surface area contributed by atoms with Crippen molar-refractivity contribution >= 4 is 37.8 Å². The Hall–Kier alpha value is 1.07. The summed E-state index contributed by atoms with van der Waals surface area (Å²) in [6.07, 6.45) is 1.81. The first kappa shape index (κ1) is 17.5. The normalized spacial score (nSPS) is 14.5. The molecule has 0 bridgehead atoms. The average molecular weight is 234 g/mol. The summed E-state index contributed by atoms with van der Waals surface area (Å²) in [5.74, 6) is 0. The van der Waals surface area contributed by atoms with Gasteiger partial charge in [-0.05, 0) is 19.4 Å². The summed E-state index contributed by atoms with van der Waals surface area (Å²) < 4.78 is 20.8. The molecule has 0 spiro atoms. The van der Waals surface area contributed by atoms with Gasteiger partial charge in [0, 0.05) is 0 Å². The van der Waals surface area contributed by atoms with Gasteiger partial charge in [0.05, 0.1) is 6.61 Å². The first-order valence-corrected chi connectivity index (χ1v) is 5.72. The van der Waals surface area contributed by atoms with E-state index in [2.05, 4.69) is 0 Å². The molecule has 4 N–H and O–H groups in total. The second kappa shape index (κ2) is 12.1. The van der Waals surface area contributed by atoms with E-state index in [1.54, 1.807) is 0 Å². The van der Waals surface area contributed by atoms with Gasteiger partial charge in [0.15, 0.2) is 0 Å². The van der Waals surface area contributed by atoms with Gasteiger partial charge in [-0.3, -0.25) is 9.09 Å². The fourth-order valence-electron chi connectivity index (χ4n) is 0.681. The maximum absolute atomic E-state index is 11.0. The van der Waals surface area contributed by atoms with Crippen LogP contribution in [0.2, 0.25) is 0 Å². The van der Waals surface area contributed by atoms with Crippen LogP contribution in [0, 0.1) is 0 Å². The van der Waals surface area contributed by atoms with E-state index < -0.39 is 14.5 Å². The van der Waals surface area contributed by atoms with Gasteiger partial charge in [-0.25, -0.2) is 0 Å². The van der Waals surface area contributed by atoms with Crippen molar-refractivity contribution in [2.75, 3.05) is 13.2 Å². The van der Waals surface area contributed by atoms with Crippen LogP contribution in [-0.2, 0) is 13.6 Å². The minimum atomic E-state index is -2.41. The van der Waals surface area contributed by atoms with Gasteiger partial charge in [0.25, 0.3) is 0 Å². The second-order valence-electron chi connectivity index (χ2n) is 2.69. The third kappa shape index (κ3) is 11.1. The Kier molecular flexibility index (Phi) is 15.1. The average Bonchev–Trinajstić information content (AvgIpc) is 2.05. The Balaban J connectivity index is 0. The van der Waals surface area contributed by atoms with E-state index in [0.29, 0.717) is 19.6 Å². The predicted octanol–water partition coefficient (Wildman–Crippen LogP) is 0.195. The molecule has 0 saturated heterocycles. The second-order valence-corrected chi connectivity index (χ2v) is 3.71. The van der Waals surface area contributed by atoms with E-state index in [4.69, 9.17) is 20.5 Å². The molecule has 0 fully saturated rings. The van der Waals surface area contributed by atoms with Crippen LogP contribution >= 0.6 is 8.25 Å². The van der Waals surface area contributed by atoms with Crippen molar-refractivity contribution in [2.45, 2.75) is 32.4 Å². The summed E-state index contributed by atoms with van der Waals surface area (Å²) in [6, 6.07) is 0. The Bertz CT molecular complexity index is 151. The third-order valence-corrected chi connectivity index (χ3v) is 2.35. The quantitative estimate of drug-likeness (QED) is 0.271. The molecule has 0 aromatic rings. The van der Waals surface area contributed by atoms with Crippen LogP contribution in [0.15, 0.2) is 0 Å². The number of hydrogen-bond donors (Lipinski definition) is 2. The molecular formula is C7H20N2NaO3P. The van der Waals surface area contributed by atoms with Gasteiger partial charge in [-0.2, -0.15) is 0 Å². The first-order valence-electron chi connectivity index (χ1n) is 4.49. The molecule has 0 radical (unpaired) electrons. The van der Waals surface area contributed by atoms with E-state index in [1.807, 2.05) is 6.92 Å². The van der Waals surface area contributed by atoms with E-state index in [9.17, 15) is 4.57 Å². The standard InChI is InChI=1S/C7H19N2O3P.Na.H/c1-2-3-6-11-13(10)12-7(9)4-5-8;;/h7,13H,2-6,8-9H2,1H3;;. The minimum absolute atomic E-state index is 0. The van der Waals surface area contributed by atoms with E-state index in [0.717, 1.165) is 12.8 Å². The molecule has 2 atom stereocenters. The van der Waals surface area contributed by atoms with Crippen molar-refractivity contribution in [3.05, 3.63) is 0 Å². The summed E-state index contributed by atoms with van der Waals surface area (Å²) in [5, 5.41) is 0. The number of rotatable bonds is 8. The molecule has 0 heterocycles. The fourth-order valence-corrected chi connectivity index (χ4v) is 1.42. The number of hydrogen-bond acceptors (Lipinski definition) is 5. The number of nitrogens with two attached hydrogens (primary N) is 2. The fraction of sp³-hybridized carbons (Fsp3) is 1.00. The predicted molar refractivity (Wildman–Crippen MR) is 59.7 cm³/mol. The maximum atomic E-state index is 11.0. The van der Waals surface area contributed by atoms with Crippen LogP contribution in [0.25, 0.3) is 0 Å². The Morgan fingerprint density at radius 3 is 2.64 bits per heavy atom. The molecule has 0 saturated carbocycles. The molecule has 0 aliphatic rings. The molecule has 0 rings (SSSR count). The van der Waals surface area contributed by atoms with Crippen molar-refractivity contribution in [3.63, 3.8) is 0 Å². The van der Waals surface area contributed by atoms with Crippen molar-refractivity contribution < 1.29 is 13.6 Å². The summed E-state index contributed by atoms with van der Waals surface area (Å²) in [4.78, 5) is 0. The Morgan fingerprint density at radius 1 is 1.50 bits per heavy atom. The van der Waals surface area contributed by atoms with Gasteiger partial charge in [0.1, 0.15) is 6.23 Å². The molecule has 2 unspecified atom stereocenters.